The molecule has 4 nitrogen and oxygen atoms in total. The van der Waals surface area contributed by atoms with E-state index in [1.807, 2.05) is 13.8 Å². The van der Waals surface area contributed by atoms with Crippen LogP contribution in [0.3, 0.4) is 0 Å². The van der Waals surface area contributed by atoms with Crippen molar-refractivity contribution in [3.8, 4) is 0 Å². The van der Waals surface area contributed by atoms with Crippen LogP contribution in [0.15, 0.2) is 0 Å². The minimum absolute atomic E-state index is 0.700. The van der Waals surface area contributed by atoms with Crippen LogP contribution in [0.5, 0.6) is 0 Å². The third-order valence-electron chi connectivity index (χ3n) is 2.69. The van der Waals surface area contributed by atoms with E-state index in [2.05, 4.69) is 6.92 Å². The van der Waals surface area contributed by atoms with Gasteiger partial charge in [-0.25, -0.2) is 0 Å². The molecule has 0 spiro atoms. The summed E-state index contributed by atoms with van der Waals surface area (Å²) in [5, 5.41) is 0. The van der Waals surface area contributed by atoms with Crippen molar-refractivity contribution in [2.24, 2.45) is 5.73 Å². The van der Waals surface area contributed by atoms with Gasteiger partial charge in [-0.05, 0) is 45.3 Å². The van der Waals surface area contributed by atoms with Crippen LogP contribution in [-0.2, 0) is 13.6 Å². The molecule has 0 aromatic rings. The van der Waals surface area contributed by atoms with E-state index in [9.17, 15) is 0 Å². The lowest BCUT2D eigenvalue weighted by Gasteiger charge is -2.28. The number of nitrogens with two attached hydrogens (primary N) is 1. The zero-order chi connectivity index (χ0) is 13.0. The van der Waals surface area contributed by atoms with Crippen molar-refractivity contribution in [1.29, 1.82) is 0 Å². The first-order valence-electron chi connectivity index (χ1n) is 6.80. The van der Waals surface area contributed by atoms with Crippen molar-refractivity contribution in [3.05, 3.63) is 0 Å². The highest BCUT2D eigenvalue weighted by molar-refractivity contribution is 6.67. The first-order chi connectivity index (χ1) is 8.24. The van der Waals surface area contributed by atoms with Gasteiger partial charge >= 0.3 is 8.56 Å². The number of hydrogen-bond acceptors (Lipinski definition) is 4. The Kier molecular flexibility index (Phi) is 11.2. The normalized spacial score (nSPS) is 12.0. The van der Waals surface area contributed by atoms with Crippen LogP contribution in [0.2, 0.25) is 12.1 Å². The summed E-state index contributed by atoms with van der Waals surface area (Å²) in [4.78, 5) is 0. The van der Waals surface area contributed by atoms with Gasteiger partial charge in [0.2, 0.25) is 0 Å². The maximum Gasteiger partial charge on any atom is 0.337 e. The molecule has 2 N–H and O–H groups in total. The Hall–Kier alpha value is 0.0569. The van der Waals surface area contributed by atoms with Gasteiger partial charge in [-0.15, -0.1) is 0 Å². The SMILES string of the molecule is CCO[Si](CC)(CCCOCCCN)OCC. The van der Waals surface area contributed by atoms with Gasteiger partial charge in [0.25, 0.3) is 0 Å². The van der Waals surface area contributed by atoms with Crippen molar-refractivity contribution in [2.45, 2.75) is 45.7 Å². The largest absolute Gasteiger partial charge is 0.394 e. The Labute approximate surface area is 107 Å². The molecule has 0 aromatic carbocycles. The van der Waals surface area contributed by atoms with Crippen molar-refractivity contribution in [2.75, 3.05) is 33.0 Å². The molecule has 0 heterocycles. The highest BCUT2D eigenvalue weighted by Crippen LogP contribution is 2.20. The van der Waals surface area contributed by atoms with Gasteiger partial charge in [-0.2, -0.15) is 0 Å². The van der Waals surface area contributed by atoms with Gasteiger partial charge in [0.05, 0.1) is 0 Å². The summed E-state index contributed by atoms with van der Waals surface area (Å²) in [5.41, 5.74) is 5.40. The molecule has 0 aromatic heterocycles. The fourth-order valence-electron chi connectivity index (χ4n) is 1.82. The van der Waals surface area contributed by atoms with E-state index < -0.39 is 8.56 Å². The van der Waals surface area contributed by atoms with Crippen LogP contribution in [-0.4, -0.2) is 41.5 Å². The first kappa shape index (κ1) is 17.1. The molecule has 0 saturated carbocycles. The van der Waals surface area contributed by atoms with Crippen LogP contribution in [0, 0.1) is 0 Å². The number of hydrogen-bond donors (Lipinski definition) is 1. The van der Waals surface area contributed by atoms with E-state index in [-0.39, 0.29) is 0 Å². The lowest BCUT2D eigenvalue weighted by molar-refractivity contribution is 0.127. The molecule has 0 aliphatic heterocycles. The maximum absolute atomic E-state index is 5.89. The van der Waals surface area contributed by atoms with E-state index in [4.69, 9.17) is 19.3 Å². The summed E-state index contributed by atoms with van der Waals surface area (Å²) in [6, 6.07) is 2.03. The van der Waals surface area contributed by atoms with E-state index in [1.165, 1.54) is 0 Å². The Morgan fingerprint density at radius 2 is 1.53 bits per heavy atom. The molecule has 5 heteroatoms. The highest BCUT2D eigenvalue weighted by Gasteiger charge is 2.34. The summed E-state index contributed by atoms with van der Waals surface area (Å²) >= 11 is 0. The van der Waals surface area contributed by atoms with E-state index in [1.54, 1.807) is 0 Å². The molecule has 0 rings (SSSR count). The molecule has 17 heavy (non-hydrogen) atoms. The number of rotatable bonds is 12. The zero-order valence-corrected chi connectivity index (χ0v) is 12.7. The Morgan fingerprint density at radius 3 is 2.00 bits per heavy atom. The third-order valence-corrected chi connectivity index (χ3v) is 6.51. The molecule has 0 amide bonds. The average molecular weight is 263 g/mol. The van der Waals surface area contributed by atoms with E-state index in [0.29, 0.717) is 6.54 Å². The molecule has 0 fully saturated rings. The van der Waals surface area contributed by atoms with Crippen LogP contribution in [0.1, 0.15) is 33.6 Å². The van der Waals surface area contributed by atoms with Crippen LogP contribution >= 0.6 is 0 Å². The minimum atomic E-state index is -1.94. The van der Waals surface area contributed by atoms with E-state index in [0.717, 1.165) is 51.4 Å². The Bertz CT molecular complexity index is 164. The predicted molar refractivity (Wildman–Crippen MR) is 73.4 cm³/mol. The highest BCUT2D eigenvalue weighted by atomic mass is 28.4. The maximum atomic E-state index is 5.89. The van der Waals surface area contributed by atoms with Crippen molar-refractivity contribution < 1.29 is 13.6 Å². The molecule has 0 unspecified atom stereocenters. The quantitative estimate of drug-likeness (QED) is 0.433. The molecule has 0 atom stereocenters. The first-order valence-corrected chi connectivity index (χ1v) is 9.03. The molecule has 0 radical (unpaired) electrons. The van der Waals surface area contributed by atoms with Gasteiger partial charge in [-0.3, -0.25) is 0 Å². The zero-order valence-electron chi connectivity index (χ0n) is 11.7. The van der Waals surface area contributed by atoms with Crippen molar-refractivity contribution >= 4 is 8.56 Å². The monoisotopic (exact) mass is 263 g/mol. The van der Waals surface area contributed by atoms with Gasteiger partial charge in [0.1, 0.15) is 0 Å². The summed E-state index contributed by atoms with van der Waals surface area (Å²) < 4.78 is 17.3. The topological polar surface area (TPSA) is 53.7 Å². The van der Waals surface area contributed by atoms with Crippen LogP contribution in [0.25, 0.3) is 0 Å². The van der Waals surface area contributed by atoms with Gasteiger partial charge in [0, 0.05) is 26.4 Å². The molecule has 0 saturated heterocycles. The average Bonchev–Trinajstić information content (AvgIpc) is 2.34. The lowest BCUT2D eigenvalue weighted by Crippen LogP contribution is -2.41. The second-order valence-electron chi connectivity index (χ2n) is 3.99. The summed E-state index contributed by atoms with van der Waals surface area (Å²) in [5.74, 6) is 0. The molecule has 0 aliphatic rings. The Balaban J connectivity index is 3.82. The molecular weight excluding hydrogens is 234 g/mol. The van der Waals surface area contributed by atoms with Gasteiger partial charge < -0.3 is 19.3 Å². The van der Waals surface area contributed by atoms with E-state index >= 15 is 0 Å². The van der Waals surface area contributed by atoms with Gasteiger partial charge in [0.15, 0.2) is 0 Å². The third kappa shape index (κ3) is 7.89. The standard InChI is InChI=1S/C12H29NO3Si/c1-4-15-17(6-3,16-5-2)12-8-11-14-10-7-9-13/h4-13H2,1-3H3. The fourth-order valence-corrected chi connectivity index (χ4v) is 4.69. The summed E-state index contributed by atoms with van der Waals surface area (Å²) in [6.45, 7) is 9.97. The Morgan fingerprint density at radius 1 is 0.941 bits per heavy atom. The summed E-state index contributed by atoms with van der Waals surface area (Å²) in [6.07, 6.45) is 1.96. The molecular formula is C12H29NO3Si. The molecule has 0 bridgehead atoms. The van der Waals surface area contributed by atoms with Gasteiger partial charge in [-0.1, -0.05) is 6.92 Å². The smallest absolute Gasteiger partial charge is 0.337 e. The number of ether oxygens (including phenoxy) is 1. The van der Waals surface area contributed by atoms with Crippen molar-refractivity contribution in [3.63, 3.8) is 0 Å². The second kappa shape index (κ2) is 11.2. The van der Waals surface area contributed by atoms with Crippen LogP contribution < -0.4 is 5.73 Å². The molecule has 0 aliphatic carbocycles. The van der Waals surface area contributed by atoms with Crippen LogP contribution in [0.4, 0.5) is 0 Å². The predicted octanol–water partition coefficient (Wildman–Crippen LogP) is 2.28. The fraction of sp³-hybridized carbons (Fsp3) is 1.00. The van der Waals surface area contributed by atoms with Crippen molar-refractivity contribution in [1.82, 2.24) is 0 Å². The summed E-state index contributed by atoms with van der Waals surface area (Å²) in [7, 11) is -1.94. The second-order valence-corrected chi connectivity index (χ2v) is 7.59. The lowest BCUT2D eigenvalue weighted by atomic mass is 10.4. The molecule has 104 valence electrons. The minimum Gasteiger partial charge on any atom is -0.394 e.